The third-order valence-corrected chi connectivity index (χ3v) is 3.18. The number of aliphatic hydroxyl groups is 1. The molecular weight excluding hydrogens is 190 g/mol. The summed E-state index contributed by atoms with van der Waals surface area (Å²) >= 11 is 0. The van der Waals surface area contributed by atoms with Crippen LogP contribution in [-0.2, 0) is 4.74 Å². The molecule has 1 saturated heterocycles. The Bertz CT molecular complexity index is 190. The first-order chi connectivity index (χ1) is 7.04. The van der Waals surface area contributed by atoms with Crippen LogP contribution in [0.15, 0.2) is 0 Å². The minimum Gasteiger partial charge on any atom is -0.396 e. The molecule has 0 amide bonds. The van der Waals surface area contributed by atoms with Crippen LogP contribution >= 0.6 is 0 Å². The molecule has 0 aromatic heterocycles. The van der Waals surface area contributed by atoms with E-state index >= 15 is 0 Å². The third-order valence-electron chi connectivity index (χ3n) is 3.18. The Morgan fingerprint density at radius 1 is 1.40 bits per heavy atom. The zero-order valence-electron chi connectivity index (χ0n) is 10.3. The summed E-state index contributed by atoms with van der Waals surface area (Å²) in [4.78, 5) is 0. The van der Waals surface area contributed by atoms with Gasteiger partial charge in [0.2, 0.25) is 0 Å². The summed E-state index contributed by atoms with van der Waals surface area (Å²) in [6.07, 6.45) is 3.96. The second kappa shape index (κ2) is 5.28. The maximum absolute atomic E-state index is 9.17. The highest BCUT2D eigenvalue weighted by atomic mass is 16.5. The molecule has 0 aromatic rings. The summed E-state index contributed by atoms with van der Waals surface area (Å²) in [7, 11) is 0. The van der Waals surface area contributed by atoms with Crippen LogP contribution in [0.4, 0.5) is 0 Å². The van der Waals surface area contributed by atoms with E-state index in [1.807, 2.05) is 0 Å². The van der Waals surface area contributed by atoms with Gasteiger partial charge in [0.1, 0.15) is 0 Å². The van der Waals surface area contributed by atoms with Gasteiger partial charge in [0.25, 0.3) is 0 Å². The van der Waals surface area contributed by atoms with E-state index < -0.39 is 0 Å². The lowest BCUT2D eigenvalue weighted by Gasteiger charge is -2.45. The molecule has 1 heterocycles. The number of nitrogens with one attached hydrogen (secondary N) is 1. The summed E-state index contributed by atoms with van der Waals surface area (Å²) < 4.78 is 5.73. The quantitative estimate of drug-likeness (QED) is 0.733. The fraction of sp³-hybridized carbons (Fsp3) is 1.00. The third kappa shape index (κ3) is 3.74. The van der Waals surface area contributed by atoms with Crippen molar-refractivity contribution in [2.24, 2.45) is 0 Å². The zero-order valence-corrected chi connectivity index (χ0v) is 10.3. The van der Waals surface area contributed by atoms with Crippen LogP contribution < -0.4 is 5.32 Å². The molecule has 0 bridgehead atoms. The van der Waals surface area contributed by atoms with Gasteiger partial charge in [-0.2, -0.15) is 0 Å². The van der Waals surface area contributed by atoms with E-state index in [-0.39, 0.29) is 17.7 Å². The van der Waals surface area contributed by atoms with E-state index in [9.17, 15) is 5.11 Å². The number of ether oxygens (including phenoxy) is 1. The van der Waals surface area contributed by atoms with Gasteiger partial charge in [-0.15, -0.1) is 0 Å². The summed E-state index contributed by atoms with van der Waals surface area (Å²) in [6.45, 7) is 8.51. The lowest BCUT2D eigenvalue weighted by atomic mass is 9.79. The van der Waals surface area contributed by atoms with Gasteiger partial charge in [-0.1, -0.05) is 6.92 Å². The minimum atomic E-state index is -0.0613. The smallest absolute Gasteiger partial charge is 0.0644 e. The molecular formula is C12H25NO2. The highest BCUT2D eigenvalue weighted by molar-refractivity contribution is 4.96. The van der Waals surface area contributed by atoms with Gasteiger partial charge in [-0.25, -0.2) is 0 Å². The molecule has 3 nitrogen and oxygen atoms in total. The van der Waals surface area contributed by atoms with Crippen LogP contribution in [0.2, 0.25) is 0 Å². The largest absolute Gasteiger partial charge is 0.396 e. The van der Waals surface area contributed by atoms with Crippen LogP contribution in [0.5, 0.6) is 0 Å². The van der Waals surface area contributed by atoms with Gasteiger partial charge in [0.15, 0.2) is 0 Å². The van der Waals surface area contributed by atoms with Crippen molar-refractivity contribution in [1.29, 1.82) is 0 Å². The van der Waals surface area contributed by atoms with Crippen molar-refractivity contribution in [3.05, 3.63) is 0 Å². The molecule has 90 valence electrons. The number of rotatable bonds is 5. The van der Waals surface area contributed by atoms with Crippen molar-refractivity contribution in [2.45, 2.75) is 57.6 Å². The van der Waals surface area contributed by atoms with Crippen molar-refractivity contribution in [1.82, 2.24) is 5.32 Å². The Hall–Kier alpha value is -0.120. The summed E-state index contributed by atoms with van der Waals surface area (Å²) in [5.41, 5.74) is 0.0284. The summed E-state index contributed by atoms with van der Waals surface area (Å²) in [5, 5.41) is 12.8. The van der Waals surface area contributed by atoms with Gasteiger partial charge in [0.05, 0.1) is 5.60 Å². The van der Waals surface area contributed by atoms with Crippen LogP contribution in [0.1, 0.15) is 46.5 Å². The first-order valence-corrected chi connectivity index (χ1v) is 6.03. The maximum Gasteiger partial charge on any atom is 0.0644 e. The van der Waals surface area contributed by atoms with Gasteiger partial charge in [-0.3, -0.25) is 0 Å². The zero-order chi connectivity index (χ0) is 11.4. The molecule has 1 fully saturated rings. The van der Waals surface area contributed by atoms with Crippen LogP contribution in [0.25, 0.3) is 0 Å². The number of hydrogen-bond donors (Lipinski definition) is 2. The van der Waals surface area contributed by atoms with Crippen LogP contribution in [0, 0.1) is 0 Å². The second-order valence-corrected chi connectivity index (χ2v) is 5.22. The predicted molar refractivity (Wildman–Crippen MR) is 62.0 cm³/mol. The Kier molecular flexibility index (Phi) is 4.56. The maximum atomic E-state index is 9.17. The molecule has 1 aliphatic heterocycles. The van der Waals surface area contributed by atoms with Gasteiger partial charge >= 0.3 is 0 Å². The lowest BCUT2D eigenvalue weighted by Crippen LogP contribution is -2.55. The van der Waals surface area contributed by atoms with E-state index in [0.29, 0.717) is 0 Å². The van der Waals surface area contributed by atoms with E-state index in [1.54, 1.807) is 0 Å². The second-order valence-electron chi connectivity index (χ2n) is 5.22. The normalized spacial score (nSPS) is 30.4. The molecule has 1 rings (SSSR count). The molecule has 0 radical (unpaired) electrons. The van der Waals surface area contributed by atoms with Crippen molar-refractivity contribution >= 4 is 0 Å². The first-order valence-electron chi connectivity index (χ1n) is 6.03. The number of hydrogen-bond acceptors (Lipinski definition) is 3. The van der Waals surface area contributed by atoms with Crippen molar-refractivity contribution in [2.75, 3.05) is 19.8 Å². The number of aliphatic hydroxyl groups excluding tert-OH is 1. The standard InChI is InChI=1S/C12H25NO2/c1-4-7-13-12(5-8-14)6-9-15-11(2,3)10-12/h13-14H,4-10H2,1-3H3. The SMILES string of the molecule is CCCNC1(CCO)CCOC(C)(C)C1. The van der Waals surface area contributed by atoms with Gasteiger partial charge < -0.3 is 15.2 Å². The molecule has 1 unspecified atom stereocenters. The van der Waals surface area contributed by atoms with Gasteiger partial charge in [-0.05, 0) is 46.1 Å². The fourth-order valence-corrected chi connectivity index (χ4v) is 2.53. The Morgan fingerprint density at radius 2 is 2.13 bits per heavy atom. The summed E-state index contributed by atoms with van der Waals surface area (Å²) in [6, 6.07) is 0. The molecule has 1 aliphatic rings. The Labute approximate surface area is 93.2 Å². The van der Waals surface area contributed by atoms with Gasteiger partial charge in [0, 0.05) is 18.8 Å². The summed E-state index contributed by atoms with van der Waals surface area (Å²) in [5.74, 6) is 0. The predicted octanol–water partition coefficient (Wildman–Crippen LogP) is 1.70. The van der Waals surface area contributed by atoms with E-state index in [4.69, 9.17) is 4.74 Å². The van der Waals surface area contributed by atoms with Crippen molar-refractivity contribution < 1.29 is 9.84 Å². The lowest BCUT2D eigenvalue weighted by molar-refractivity contribution is -0.0915. The fourth-order valence-electron chi connectivity index (χ4n) is 2.53. The molecule has 0 aliphatic carbocycles. The van der Waals surface area contributed by atoms with E-state index in [1.165, 1.54) is 0 Å². The van der Waals surface area contributed by atoms with E-state index in [2.05, 4.69) is 26.1 Å². The van der Waals surface area contributed by atoms with Crippen LogP contribution in [0.3, 0.4) is 0 Å². The topological polar surface area (TPSA) is 41.5 Å². The highest BCUT2D eigenvalue weighted by Gasteiger charge is 2.39. The molecule has 15 heavy (non-hydrogen) atoms. The average Bonchev–Trinajstić information content (AvgIpc) is 2.14. The molecule has 0 spiro atoms. The molecule has 1 atom stereocenters. The minimum absolute atomic E-state index is 0.0613. The Morgan fingerprint density at radius 3 is 2.67 bits per heavy atom. The first kappa shape index (κ1) is 12.9. The monoisotopic (exact) mass is 215 g/mol. The molecule has 0 saturated carbocycles. The van der Waals surface area contributed by atoms with E-state index in [0.717, 1.165) is 38.8 Å². The van der Waals surface area contributed by atoms with Crippen molar-refractivity contribution in [3.8, 4) is 0 Å². The Balaban J connectivity index is 2.62. The average molecular weight is 215 g/mol. The van der Waals surface area contributed by atoms with Crippen molar-refractivity contribution in [3.63, 3.8) is 0 Å². The molecule has 0 aromatic carbocycles. The van der Waals surface area contributed by atoms with Crippen LogP contribution in [-0.4, -0.2) is 36.0 Å². The molecule has 2 N–H and O–H groups in total. The molecule has 3 heteroatoms. The highest BCUT2D eigenvalue weighted by Crippen LogP contribution is 2.34.